The molecule has 0 bridgehead atoms. The molecule has 0 aliphatic carbocycles. The molecule has 1 aromatic carbocycles. The number of nitrogens with zero attached hydrogens (tertiary/aromatic N) is 4. The summed E-state index contributed by atoms with van der Waals surface area (Å²) in [7, 11) is 0. The Hall–Kier alpha value is -1.82. The molecule has 0 spiro atoms. The van der Waals surface area contributed by atoms with E-state index in [0.717, 1.165) is 36.1 Å². The highest BCUT2D eigenvalue weighted by molar-refractivity contribution is 7.99. The molecule has 0 radical (unpaired) electrons. The molecular formula is C17H22N4OS. The van der Waals surface area contributed by atoms with Crippen molar-refractivity contribution in [2.45, 2.75) is 44.3 Å². The summed E-state index contributed by atoms with van der Waals surface area (Å²) in [6.45, 7) is 4.95. The second-order valence-corrected chi connectivity index (χ2v) is 6.86. The molecule has 6 heteroatoms. The van der Waals surface area contributed by atoms with Crippen LogP contribution >= 0.6 is 11.8 Å². The molecule has 1 saturated heterocycles. The van der Waals surface area contributed by atoms with Crippen LogP contribution in [0.25, 0.3) is 5.69 Å². The van der Waals surface area contributed by atoms with Crippen LogP contribution in [-0.4, -0.2) is 43.9 Å². The number of hydrogen-bond donors (Lipinski definition) is 0. The second kappa shape index (κ2) is 7.17. The number of hydrogen-bond acceptors (Lipinski definition) is 4. The minimum absolute atomic E-state index is 0.197. The molecule has 3 rings (SSSR count). The van der Waals surface area contributed by atoms with E-state index in [1.807, 2.05) is 46.7 Å². The maximum atomic E-state index is 12.5. The standard InChI is InChI=1S/C17H22N4OS/c1-13-8-6-7-11-20(13)16(22)12-23-17-19-18-14(2)21(17)15-9-4-3-5-10-15/h3-5,9-10,13H,6-8,11-12H2,1-2H3/t13-/m1/s1. The molecule has 23 heavy (non-hydrogen) atoms. The minimum Gasteiger partial charge on any atom is -0.339 e. The highest BCUT2D eigenvalue weighted by Crippen LogP contribution is 2.23. The van der Waals surface area contributed by atoms with Gasteiger partial charge >= 0.3 is 0 Å². The summed E-state index contributed by atoms with van der Waals surface area (Å²) in [4.78, 5) is 14.5. The predicted octanol–water partition coefficient (Wildman–Crippen LogP) is 3.07. The molecule has 1 amide bonds. The molecule has 122 valence electrons. The first-order valence-electron chi connectivity index (χ1n) is 8.06. The minimum atomic E-state index is 0.197. The molecule has 2 heterocycles. The number of amides is 1. The summed E-state index contributed by atoms with van der Waals surface area (Å²) in [5, 5.41) is 9.17. The average molecular weight is 330 g/mol. The molecule has 1 aromatic heterocycles. The van der Waals surface area contributed by atoms with E-state index in [1.165, 1.54) is 18.2 Å². The molecular weight excluding hydrogens is 308 g/mol. The van der Waals surface area contributed by atoms with E-state index in [0.29, 0.717) is 11.8 Å². The van der Waals surface area contributed by atoms with Gasteiger partial charge in [0, 0.05) is 18.3 Å². The third-order valence-electron chi connectivity index (χ3n) is 4.26. The van der Waals surface area contributed by atoms with E-state index in [4.69, 9.17) is 0 Å². The zero-order valence-corrected chi connectivity index (χ0v) is 14.4. The van der Waals surface area contributed by atoms with Gasteiger partial charge in [-0.1, -0.05) is 30.0 Å². The van der Waals surface area contributed by atoms with Crippen LogP contribution in [0.15, 0.2) is 35.5 Å². The van der Waals surface area contributed by atoms with Gasteiger partial charge in [0.25, 0.3) is 0 Å². The Bertz CT molecular complexity index is 670. The first-order valence-corrected chi connectivity index (χ1v) is 9.05. The third kappa shape index (κ3) is 3.58. The van der Waals surface area contributed by atoms with Crippen LogP contribution in [0.5, 0.6) is 0 Å². The Morgan fingerprint density at radius 2 is 2.04 bits per heavy atom. The lowest BCUT2D eigenvalue weighted by atomic mass is 10.0. The smallest absolute Gasteiger partial charge is 0.233 e. The molecule has 1 atom stereocenters. The van der Waals surface area contributed by atoms with Crippen molar-refractivity contribution in [2.24, 2.45) is 0 Å². The van der Waals surface area contributed by atoms with Gasteiger partial charge in [-0.2, -0.15) is 0 Å². The van der Waals surface area contributed by atoms with Crippen LogP contribution in [0.3, 0.4) is 0 Å². The monoisotopic (exact) mass is 330 g/mol. The quantitative estimate of drug-likeness (QED) is 0.809. The summed E-state index contributed by atoms with van der Waals surface area (Å²) in [5.41, 5.74) is 1.02. The maximum Gasteiger partial charge on any atom is 0.233 e. The molecule has 0 unspecified atom stereocenters. The number of carbonyl (C=O) groups excluding carboxylic acids is 1. The van der Waals surface area contributed by atoms with Crippen molar-refractivity contribution in [3.63, 3.8) is 0 Å². The SMILES string of the molecule is Cc1nnc(SCC(=O)N2CCCC[C@H]2C)n1-c1ccccc1. The maximum absolute atomic E-state index is 12.5. The van der Waals surface area contributed by atoms with Crippen molar-refractivity contribution in [3.05, 3.63) is 36.2 Å². The summed E-state index contributed by atoms with van der Waals surface area (Å²) in [5.74, 6) is 1.44. The number of carbonyl (C=O) groups is 1. The van der Waals surface area contributed by atoms with Gasteiger partial charge in [-0.25, -0.2) is 0 Å². The Morgan fingerprint density at radius 1 is 1.26 bits per heavy atom. The lowest BCUT2D eigenvalue weighted by molar-refractivity contribution is -0.131. The Balaban J connectivity index is 1.71. The van der Waals surface area contributed by atoms with Crippen molar-refractivity contribution in [3.8, 4) is 5.69 Å². The number of para-hydroxylation sites is 1. The van der Waals surface area contributed by atoms with Crippen molar-refractivity contribution >= 4 is 17.7 Å². The first-order chi connectivity index (χ1) is 11.2. The first kappa shape index (κ1) is 16.1. The summed E-state index contributed by atoms with van der Waals surface area (Å²) < 4.78 is 2.00. The topological polar surface area (TPSA) is 51.0 Å². The largest absolute Gasteiger partial charge is 0.339 e. The zero-order chi connectivity index (χ0) is 16.2. The van der Waals surface area contributed by atoms with Gasteiger partial charge in [-0.3, -0.25) is 9.36 Å². The van der Waals surface area contributed by atoms with Crippen molar-refractivity contribution < 1.29 is 4.79 Å². The number of piperidine rings is 1. The predicted molar refractivity (Wildman–Crippen MR) is 91.8 cm³/mol. The van der Waals surface area contributed by atoms with Gasteiger partial charge in [-0.05, 0) is 45.2 Å². The fraction of sp³-hybridized carbons (Fsp3) is 0.471. The normalized spacial score (nSPS) is 18.2. The van der Waals surface area contributed by atoms with E-state index in [1.54, 1.807) is 0 Å². The zero-order valence-electron chi connectivity index (χ0n) is 13.6. The number of rotatable bonds is 4. The number of aromatic nitrogens is 3. The fourth-order valence-electron chi connectivity index (χ4n) is 2.99. The average Bonchev–Trinajstić information content (AvgIpc) is 2.94. The Morgan fingerprint density at radius 3 is 2.78 bits per heavy atom. The van der Waals surface area contributed by atoms with E-state index in [-0.39, 0.29) is 5.91 Å². The van der Waals surface area contributed by atoms with Gasteiger partial charge < -0.3 is 4.90 Å². The summed E-state index contributed by atoms with van der Waals surface area (Å²) in [6, 6.07) is 10.4. The number of benzene rings is 1. The van der Waals surface area contributed by atoms with Gasteiger partial charge in [0.1, 0.15) is 5.82 Å². The molecule has 1 aliphatic heterocycles. The van der Waals surface area contributed by atoms with Crippen LogP contribution < -0.4 is 0 Å². The number of aryl methyl sites for hydroxylation is 1. The van der Waals surface area contributed by atoms with Crippen LogP contribution in [0.2, 0.25) is 0 Å². The van der Waals surface area contributed by atoms with E-state index < -0.39 is 0 Å². The second-order valence-electron chi connectivity index (χ2n) is 5.92. The molecule has 1 aliphatic rings. The van der Waals surface area contributed by atoms with Crippen LogP contribution in [0.4, 0.5) is 0 Å². The van der Waals surface area contributed by atoms with Crippen molar-refractivity contribution in [1.29, 1.82) is 0 Å². The van der Waals surface area contributed by atoms with Crippen molar-refractivity contribution in [1.82, 2.24) is 19.7 Å². The summed E-state index contributed by atoms with van der Waals surface area (Å²) in [6.07, 6.45) is 3.44. The van der Waals surface area contributed by atoms with Gasteiger partial charge in [0.05, 0.1) is 5.75 Å². The lowest BCUT2D eigenvalue weighted by Gasteiger charge is -2.33. The Kier molecular flexibility index (Phi) is 5.00. The summed E-state index contributed by atoms with van der Waals surface area (Å²) >= 11 is 1.46. The highest BCUT2D eigenvalue weighted by Gasteiger charge is 2.23. The molecule has 1 fully saturated rings. The van der Waals surface area contributed by atoms with E-state index >= 15 is 0 Å². The molecule has 0 saturated carbocycles. The molecule has 0 N–H and O–H groups in total. The molecule has 2 aromatic rings. The number of likely N-dealkylation sites (tertiary alicyclic amines) is 1. The van der Waals surface area contributed by atoms with Gasteiger partial charge in [0.15, 0.2) is 5.16 Å². The van der Waals surface area contributed by atoms with Gasteiger partial charge in [-0.15, -0.1) is 10.2 Å². The van der Waals surface area contributed by atoms with E-state index in [2.05, 4.69) is 17.1 Å². The van der Waals surface area contributed by atoms with Gasteiger partial charge in [0.2, 0.25) is 5.91 Å². The fourth-order valence-corrected chi connectivity index (χ4v) is 3.87. The lowest BCUT2D eigenvalue weighted by Crippen LogP contribution is -2.42. The van der Waals surface area contributed by atoms with Crippen LogP contribution in [0, 0.1) is 6.92 Å². The van der Waals surface area contributed by atoms with Crippen molar-refractivity contribution in [2.75, 3.05) is 12.3 Å². The van der Waals surface area contributed by atoms with E-state index in [9.17, 15) is 4.79 Å². The molecule has 5 nitrogen and oxygen atoms in total. The number of thioether (sulfide) groups is 1. The van der Waals surface area contributed by atoms with Crippen LogP contribution in [0.1, 0.15) is 32.0 Å². The Labute approximate surface area is 141 Å². The van der Waals surface area contributed by atoms with Crippen LogP contribution in [-0.2, 0) is 4.79 Å². The third-order valence-corrected chi connectivity index (χ3v) is 5.17. The highest BCUT2D eigenvalue weighted by atomic mass is 32.2.